The summed E-state index contributed by atoms with van der Waals surface area (Å²) >= 11 is 1.22. The summed E-state index contributed by atoms with van der Waals surface area (Å²) in [6.45, 7) is 5.69. The predicted molar refractivity (Wildman–Crippen MR) is 138 cm³/mol. The van der Waals surface area contributed by atoms with Crippen molar-refractivity contribution in [3.8, 4) is 11.4 Å². The van der Waals surface area contributed by atoms with E-state index in [2.05, 4.69) is 25.7 Å². The van der Waals surface area contributed by atoms with Gasteiger partial charge < -0.3 is 15.0 Å². The number of nitrogens with zero attached hydrogens (tertiary/aromatic N) is 4. The van der Waals surface area contributed by atoms with Crippen LogP contribution in [0, 0.1) is 13.8 Å². The molecule has 4 rings (SSSR count). The molecule has 10 heteroatoms. The number of carbonyl (C=O) groups excluding carboxylic acids is 2. The minimum absolute atomic E-state index is 0.00752. The van der Waals surface area contributed by atoms with Gasteiger partial charge in [0.1, 0.15) is 5.75 Å². The second kappa shape index (κ2) is 11.3. The van der Waals surface area contributed by atoms with Gasteiger partial charge >= 0.3 is 6.03 Å². The number of hydrogen-bond acceptors (Lipinski definition) is 7. The third-order valence-electron chi connectivity index (χ3n) is 5.80. The molecule has 0 radical (unpaired) electrons. The molecule has 35 heavy (non-hydrogen) atoms. The third-order valence-corrected chi connectivity index (χ3v) is 6.73. The molecule has 2 N–H and O–H groups in total. The number of carbonyl (C=O) groups is 2. The van der Waals surface area contributed by atoms with Gasteiger partial charge in [0.2, 0.25) is 11.9 Å². The second-order valence-corrected chi connectivity index (χ2v) is 9.39. The molecule has 9 nitrogen and oxygen atoms in total. The van der Waals surface area contributed by atoms with Crippen LogP contribution >= 0.6 is 11.8 Å². The van der Waals surface area contributed by atoms with Crippen molar-refractivity contribution in [3.63, 3.8) is 0 Å². The molecule has 2 aromatic carbocycles. The molecule has 0 unspecified atom stereocenters. The van der Waals surface area contributed by atoms with E-state index in [0.717, 1.165) is 48.7 Å². The van der Waals surface area contributed by atoms with Crippen molar-refractivity contribution >= 4 is 35.3 Å². The van der Waals surface area contributed by atoms with E-state index in [4.69, 9.17) is 4.74 Å². The summed E-state index contributed by atoms with van der Waals surface area (Å²) in [6.07, 6.45) is 3.39. The van der Waals surface area contributed by atoms with Crippen molar-refractivity contribution < 1.29 is 14.3 Å². The van der Waals surface area contributed by atoms with E-state index in [0.29, 0.717) is 16.6 Å². The monoisotopic (exact) mass is 494 g/mol. The van der Waals surface area contributed by atoms with Crippen molar-refractivity contribution in [2.24, 2.45) is 0 Å². The number of thioether (sulfide) groups is 1. The number of ether oxygens (including phenoxy) is 1. The summed E-state index contributed by atoms with van der Waals surface area (Å²) in [7, 11) is 1.62. The number of urea groups is 1. The Balaban J connectivity index is 1.48. The van der Waals surface area contributed by atoms with Crippen LogP contribution in [-0.2, 0) is 4.79 Å². The molecule has 184 valence electrons. The van der Waals surface area contributed by atoms with Gasteiger partial charge in [-0.05, 0) is 56.9 Å². The fourth-order valence-corrected chi connectivity index (χ4v) is 4.82. The number of amides is 3. The van der Waals surface area contributed by atoms with E-state index < -0.39 is 11.9 Å². The maximum Gasteiger partial charge on any atom is 0.325 e. The van der Waals surface area contributed by atoms with Crippen molar-refractivity contribution in [3.05, 3.63) is 53.6 Å². The predicted octanol–water partition coefficient (Wildman–Crippen LogP) is 4.32. The summed E-state index contributed by atoms with van der Waals surface area (Å²) in [4.78, 5) is 27.1. The number of anilines is 2. The van der Waals surface area contributed by atoms with Crippen molar-refractivity contribution in [2.45, 2.75) is 38.3 Å². The lowest BCUT2D eigenvalue weighted by atomic mass is 10.1. The molecular weight excluding hydrogens is 464 g/mol. The van der Waals surface area contributed by atoms with Gasteiger partial charge in [0.05, 0.1) is 18.6 Å². The Morgan fingerprint density at radius 1 is 1.06 bits per heavy atom. The number of aromatic nitrogens is 3. The Morgan fingerprint density at radius 3 is 2.57 bits per heavy atom. The van der Waals surface area contributed by atoms with Crippen LogP contribution in [0.2, 0.25) is 0 Å². The number of benzene rings is 2. The number of aryl methyl sites for hydroxylation is 2. The topological polar surface area (TPSA) is 101 Å². The molecule has 0 aliphatic carbocycles. The first-order chi connectivity index (χ1) is 17.0. The molecule has 3 aromatic rings. The molecule has 1 saturated heterocycles. The molecule has 1 aliphatic heterocycles. The normalized spacial score (nSPS) is 13.4. The number of rotatable bonds is 7. The lowest BCUT2D eigenvalue weighted by Crippen LogP contribution is -2.35. The Bertz CT molecular complexity index is 1210. The van der Waals surface area contributed by atoms with Crippen molar-refractivity contribution in [2.75, 3.05) is 36.2 Å². The minimum atomic E-state index is -0.567. The van der Waals surface area contributed by atoms with Crippen molar-refractivity contribution in [1.82, 2.24) is 20.1 Å². The van der Waals surface area contributed by atoms with Crippen LogP contribution in [0.5, 0.6) is 5.75 Å². The molecular formula is C25H30N6O3S. The number of methoxy groups -OCH3 is 1. The number of nitrogens with one attached hydrogen (secondary N) is 2. The zero-order chi connectivity index (χ0) is 24.8. The highest BCUT2D eigenvalue weighted by Gasteiger charge is 2.24. The largest absolute Gasteiger partial charge is 0.495 e. The molecule has 0 saturated carbocycles. The highest BCUT2D eigenvalue weighted by Crippen LogP contribution is 2.32. The van der Waals surface area contributed by atoms with Crippen LogP contribution in [0.3, 0.4) is 0 Å². The van der Waals surface area contributed by atoms with Crippen LogP contribution in [-0.4, -0.2) is 52.7 Å². The van der Waals surface area contributed by atoms with E-state index in [1.165, 1.54) is 18.2 Å². The molecule has 0 spiro atoms. The summed E-state index contributed by atoms with van der Waals surface area (Å²) < 4.78 is 7.51. The molecule has 3 amide bonds. The summed E-state index contributed by atoms with van der Waals surface area (Å²) in [5.74, 6) is 0.994. The first-order valence-electron chi connectivity index (χ1n) is 11.6. The first-order valence-corrected chi connectivity index (χ1v) is 12.6. The zero-order valence-electron chi connectivity index (χ0n) is 20.2. The number of hydrogen-bond donors (Lipinski definition) is 2. The van der Waals surface area contributed by atoms with Gasteiger partial charge in [-0.1, -0.05) is 41.6 Å². The summed E-state index contributed by atoms with van der Waals surface area (Å²) in [5, 5.41) is 14.5. The minimum Gasteiger partial charge on any atom is -0.495 e. The number of imide groups is 1. The lowest BCUT2D eigenvalue weighted by molar-refractivity contribution is -0.117. The first kappa shape index (κ1) is 24.6. The molecule has 0 bridgehead atoms. The maximum absolute atomic E-state index is 12.6. The Morgan fingerprint density at radius 2 is 1.83 bits per heavy atom. The molecule has 1 aliphatic rings. The van der Waals surface area contributed by atoms with Gasteiger partial charge in [0.15, 0.2) is 5.16 Å². The highest BCUT2D eigenvalue weighted by molar-refractivity contribution is 7.99. The molecule has 0 atom stereocenters. The second-order valence-electron chi connectivity index (χ2n) is 8.45. The summed E-state index contributed by atoms with van der Waals surface area (Å²) in [6, 6.07) is 12.8. The van der Waals surface area contributed by atoms with Gasteiger partial charge in [-0.15, -0.1) is 10.2 Å². The Kier molecular flexibility index (Phi) is 7.91. The summed E-state index contributed by atoms with van der Waals surface area (Å²) in [5.41, 5.74) is 3.49. The van der Waals surface area contributed by atoms with Gasteiger partial charge in [0.25, 0.3) is 0 Å². The van der Waals surface area contributed by atoms with Gasteiger partial charge in [-0.25, -0.2) is 4.79 Å². The van der Waals surface area contributed by atoms with Gasteiger partial charge in [-0.3, -0.25) is 14.7 Å². The fraction of sp³-hybridized carbons (Fsp3) is 0.360. The van der Waals surface area contributed by atoms with E-state index in [1.807, 2.05) is 60.9 Å². The highest BCUT2D eigenvalue weighted by atomic mass is 32.2. The lowest BCUT2D eigenvalue weighted by Gasteiger charge is -2.28. The van der Waals surface area contributed by atoms with Crippen LogP contribution in [0.4, 0.5) is 16.4 Å². The smallest absolute Gasteiger partial charge is 0.325 e. The number of para-hydroxylation sites is 2. The van der Waals surface area contributed by atoms with E-state index in [-0.39, 0.29) is 5.75 Å². The zero-order valence-corrected chi connectivity index (χ0v) is 21.0. The molecule has 1 fully saturated rings. The quantitative estimate of drug-likeness (QED) is 0.472. The molecule has 1 aromatic heterocycles. The molecule has 2 heterocycles. The van der Waals surface area contributed by atoms with E-state index >= 15 is 0 Å². The van der Waals surface area contributed by atoms with Crippen LogP contribution in [0.1, 0.15) is 30.4 Å². The van der Waals surface area contributed by atoms with E-state index in [9.17, 15) is 9.59 Å². The van der Waals surface area contributed by atoms with Crippen molar-refractivity contribution in [1.29, 1.82) is 0 Å². The average molecular weight is 495 g/mol. The van der Waals surface area contributed by atoms with E-state index in [1.54, 1.807) is 7.11 Å². The number of piperidine rings is 1. The van der Waals surface area contributed by atoms with Crippen LogP contribution in [0.15, 0.2) is 47.6 Å². The SMILES string of the molecule is COc1ccccc1-n1c(SCC(=O)NC(=O)Nc2ccc(C)cc2C)nnc1N1CCCCC1. The fourth-order valence-electron chi connectivity index (χ4n) is 4.08. The van der Waals surface area contributed by atoms with Crippen LogP contribution < -0.4 is 20.3 Å². The Hall–Kier alpha value is -3.53. The average Bonchev–Trinajstić information content (AvgIpc) is 3.28. The Labute approximate surface area is 209 Å². The third kappa shape index (κ3) is 5.94. The standard InChI is InChI=1S/C25H30N6O3S/c1-17-11-12-19(18(2)15-17)26-23(33)27-22(32)16-35-25-29-28-24(30-13-7-4-8-14-30)31(25)20-9-5-6-10-21(20)34-3/h5-6,9-12,15H,4,7-8,13-14,16H2,1-3H3,(H2,26,27,32,33). The van der Waals surface area contributed by atoms with Crippen LogP contribution in [0.25, 0.3) is 5.69 Å². The van der Waals surface area contributed by atoms with Gasteiger partial charge in [-0.2, -0.15) is 0 Å². The van der Waals surface area contributed by atoms with Gasteiger partial charge in [0, 0.05) is 18.8 Å². The maximum atomic E-state index is 12.6.